The predicted octanol–water partition coefficient (Wildman–Crippen LogP) is 3.97. The van der Waals surface area contributed by atoms with Gasteiger partial charge in [-0.3, -0.25) is 9.59 Å². The van der Waals surface area contributed by atoms with Gasteiger partial charge in [-0.1, -0.05) is 6.92 Å². The van der Waals surface area contributed by atoms with E-state index in [-0.39, 0.29) is 17.2 Å². The molecule has 0 spiro atoms. The number of H-pyrrole nitrogens is 1. The standard InChI is InChI=1S/C27H32N4O5S/c1-17(2)36-20-10-8-19(9-11-20)22-13-12-21(24(29-22)31-16-18(3)15-27(31,4)5)25(32)30-37(34,35)23-7-6-14-28-26(23)33/h6-14,17-18H,15-16H2,1-5H3,(H,28,33)(H,30,32)/t18-/m0/s1. The molecule has 3 heterocycles. The Hall–Kier alpha value is -3.66. The zero-order chi connectivity index (χ0) is 27.0. The van der Waals surface area contributed by atoms with Gasteiger partial charge >= 0.3 is 0 Å². The Morgan fingerprint density at radius 3 is 2.46 bits per heavy atom. The van der Waals surface area contributed by atoms with Crippen LogP contribution in [-0.4, -0.2) is 42.5 Å². The number of carbonyl (C=O) groups is 1. The molecule has 9 nitrogen and oxygen atoms in total. The summed E-state index contributed by atoms with van der Waals surface area (Å²) in [6.45, 7) is 10.9. The number of hydrogen-bond acceptors (Lipinski definition) is 7. The highest BCUT2D eigenvalue weighted by Gasteiger charge is 2.39. The van der Waals surface area contributed by atoms with Gasteiger partial charge in [-0.2, -0.15) is 0 Å². The van der Waals surface area contributed by atoms with Gasteiger partial charge in [-0.05, 0) is 88.6 Å². The van der Waals surface area contributed by atoms with Crippen LogP contribution in [0.5, 0.6) is 5.75 Å². The Labute approximate surface area is 217 Å². The zero-order valence-electron chi connectivity index (χ0n) is 21.6. The number of anilines is 1. The molecule has 0 unspecified atom stereocenters. The van der Waals surface area contributed by atoms with E-state index in [1.54, 1.807) is 12.1 Å². The average molecular weight is 525 g/mol. The van der Waals surface area contributed by atoms with Crippen molar-refractivity contribution >= 4 is 21.7 Å². The van der Waals surface area contributed by atoms with Crippen molar-refractivity contribution in [2.24, 2.45) is 5.92 Å². The van der Waals surface area contributed by atoms with Gasteiger partial charge in [0.2, 0.25) is 0 Å². The summed E-state index contributed by atoms with van der Waals surface area (Å²) in [6.07, 6.45) is 2.26. The van der Waals surface area contributed by atoms with Gasteiger partial charge in [-0.15, -0.1) is 0 Å². The van der Waals surface area contributed by atoms with E-state index in [0.717, 1.165) is 23.8 Å². The largest absolute Gasteiger partial charge is 0.491 e. The maximum atomic E-state index is 13.3. The minimum absolute atomic E-state index is 0.0514. The molecule has 37 heavy (non-hydrogen) atoms. The first-order chi connectivity index (χ1) is 17.4. The van der Waals surface area contributed by atoms with Crippen LogP contribution in [0.3, 0.4) is 0 Å². The molecule has 2 aromatic heterocycles. The van der Waals surface area contributed by atoms with Crippen molar-refractivity contribution in [2.75, 3.05) is 11.4 Å². The Morgan fingerprint density at radius 2 is 1.86 bits per heavy atom. The molecule has 3 aromatic rings. The third-order valence-corrected chi connectivity index (χ3v) is 7.62. The van der Waals surface area contributed by atoms with Crippen LogP contribution in [0.1, 0.15) is 51.4 Å². The minimum Gasteiger partial charge on any atom is -0.491 e. The lowest BCUT2D eigenvalue weighted by Gasteiger charge is -2.34. The van der Waals surface area contributed by atoms with Crippen LogP contribution in [0.2, 0.25) is 0 Å². The summed E-state index contributed by atoms with van der Waals surface area (Å²) in [5, 5.41) is 0. The molecular weight excluding hydrogens is 492 g/mol. The molecule has 1 aliphatic rings. The zero-order valence-corrected chi connectivity index (χ0v) is 22.4. The van der Waals surface area contributed by atoms with Crippen LogP contribution in [-0.2, 0) is 10.0 Å². The molecular formula is C27H32N4O5S. The number of pyridine rings is 2. The van der Waals surface area contributed by atoms with E-state index in [2.05, 4.69) is 25.8 Å². The number of ether oxygens (including phenoxy) is 1. The maximum absolute atomic E-state index is 13.3. The maximum Gasteiger partial charge on any atom is 0.269 e. The predicted molar refractivity (Wildman–Crippen MR) is 142 cm³/mol. The third-order valence-electron chi connectivity index (χ3n) is 6.27. The number of nitrogens with one attached hydrogen (secondary N) is 2. The Balaban J connectivity index is 1.75. The van der Waals surface area contributed by atoms with Crippen molar-refractivity contribution in [3.05, 3.63) is 70.6 Å². The van der Waals surface area contributed by atoms with E-state index in [1.807, 2.05) is 47.7 Å². The summed E-state index contributed by atoms with van der Waals surface area (Å²) in [6, 6.07) is 13.3. The van der Waals surface area contributed by atoms with Gasteiger partial charge < -0.3 is 14.6 Å². The number of aromatic amines is 1. The number of sulfonamides is 1. The number of nitrogens with zero attached hydrogens (tertiary/aromatic N) is 2. The molecule has 1 aliphatic heterocycles. The van der Waals surface area contributed by atoms with Gasteiger partial charge in [0.05, 0.1) is 17.4 Å². The highest BCUT2D eigenvalue weighted by Crippen LogP contribution is 2.38. The van der Waals surface area contributed by atoms with Crippen LogP contribution in [0.15, 0.2) is 64.4 Å². The fraction of sp³-hybridized carbons (Fsp3) is 0.370. The molecule has 0 aliphatic carbocycles. The van der Waals surface area contributed by atoms with Gasteiger partial charge in [0, 0.05) is 23.8 Å². The fourth-order valence-corrected chi connectivity index (χ4v) is 5.80. The summed E-state index contributed by atoms with van der Waals surface area (Å²) in [4.78, 5) is 34.1. The number of hydrogen-bond donors (Lipinski definition) is 2. The molecule has 0 saturated carbocycles. The van der Waals surface area contributed by atoms with Crippen molar-refractivity contribution in [1.82, 2.24) is 14.7 Å². The van der Waals surface area contributed by atoms with Gasteiger partial charge in [-0.25, -0.2) is 18.1 Å². The molecule has 0 radical (unpaired) electrons. The van der Waals surface area contributed by atoms with Crippen LogP contribution in [0, 0.1) is 5.92 Å². The van der Waals surface area contributed by atoms with E-state index in [4.69, 9.17) is 9.72 Å². The average Bonchev–Trinajstić information content (AvgIpc) is 3.10. The number of carbonyl (C=O) groups excluding carboxylic acids is 1. The van der Waals surface area contributed by atoms with Crippen molar-refractivity contribution in [3.63, 3.8) is 0 Å². The van der Waals surface area contributed by atoms with Gasteiger partial charge in [0.1, 0.15) is 11.6 Å². The van der Waals surface area contributed by atoms with E-state index < -0.39 is 26.4 Å². The van der Waals surface area contributed by atoms with E-state index in [1.165, 1.54) is 12.3 Å². The normalized spacial score (nSPS) is 17.1. The second-order valence-electron chi connectivity index (χ2n) is 10.3. The van der Waals surface area contributed by atoms with E-state index in [0.29, 0.717) is 24.0 Å². The SMILES string of the molecule is CC(C)Oc1ccc(-c2ccc(C(=O)NS(=O)(=O)c3ccc[nH]c3=O)c(N3C[C@@H](C)CC3(C)C)n2)cc1. The van der Waals surface area contributed by atoms with Crippen LogP contribution < -0.4 is 19.9 Å². The smallest absolute Gasteiger partial charge is 0.269 e. The number of benzene rings is 1. The molecule has 1 atom stereocenters. The van der Waals surface area contributed by atoms with Crippen molar-refractivity contribution < 1.29 is 17.9 Å². The molecule has 1 saturated heterocycles. The highest BCUT2D eigenvalue weighted by molar-refractivity contribution is 7.90. The lowest BCUT2D eigenvalue weighted by Crippen LogP contribution is -2.41. The Bertz CT molecular complexity index is 1460. The monoisotopic (exact) mass is 524 g/mol. The molecule has 0 bridgehead atoms. The molecule has 4 rings (SSSR count). The lowest BCUT2D eigenvalue weighted by molar-refractivity contribution is 0.0981. The molecule has 1 amide bonds. The molecule has 10 heteroatoms. The second kappa shape index (κ2) is 10.0. The van der Waals surface area contributed by atoms with E-state index in [9.17, 15) is 18.0 Å². The molecule has 196 valence electrons. The first kappa shape index (κ1) is 26.4. The lowest BCUT2D eigenvalue weighted by atomic mass is 9.97. The van der Waals surface area contributed by atoms with Gasteiger partial charge in [0.15, 0.2) is 4.90 Å². The first-order valence-electron chi connectivity index (χ1n) is 12.2. The Morgan fingerprint density at radius 1 is 1.16 bits per heavy atom. The van der Waals surface area contributed by atoms with E-state index >= 15 is 0 Å². The van der Waals surface area contributed by atoms with Crippen molar-refractivity contribution in [3.8, 4) is 17.0 Å². The summed E-state index contributed by atoms with van der Waals surface area (Å²) in [5.74, 6) is 0.637. The number of rotatable bonds is 7. The van der Waals surface area contributed by atoms with Crippen LogP contribution in [0.4, 0.5) is 5.82 Å². The molecule has 1 aromatic carbocycles. The molecule has 2 N–H and O–H groups in total. The summed E-state index contributed by atoms with van der Waals surface area (Å²) in [7, 11) is -4.40. The third kappa shape index (κ3) is 5.69. The summed E-state index contributed by atoms with van der Waals surface area (Å²) >= 11 is 0. The van der Waals surface area contributed by atoms with Crippen molar-refractivity contribution in [1.29, 1.82) is 0 Å². The second-order valence-corrected chi connectivity index (χ2v) is 11.9. The highest BCUT2D eigenvalue weighted by atomic mass is 32.2. The topological polar surface area (TPSA) is 121 Å². The summed E-state index contributed by atoms with van der Waals surface area (Å²) in [5.41, 5.74) is 0.473. The van der Waals surface area contributed by atoms with Crippen LogP contribution in [0.25, 0.3) is 11.3 Å². The minimum atomic E-state index is -4.40. The number of aromatic nitrogens is 2. The van der Waals surface area contributed by atoms with Crippen molar-refractivity contribution in [2.45, 2.75) is 57.6 Å². The fourth-order valence-electron chi connectivity index (χ4n) is 4.78. The number of amides is 1. The Kier molecular flexibility index (Phi) is 7.14. The van der Waals surface area contributed by atoms with Crippen LogP contribution >= 0.6 is 0 Å². The first-order valence-corrected chi connectivity index (χ1v) is 13.7. The molecule has 1 fully saturated rings. The van der Waals surface area contributed by atoms with Gasteiger partial charge in [0.25, 0.3) is 21.5 Å². The summed E-state index contributed by atoms with van der Waals surface area (Å²) < 4.78 is 33.5. The quantitative estimate of drug-likeness (QED) is 0.480.